The maximum atomic E-state index is 14.4. The highest BCUT2D eigenvalue weighted by Crippen LogP contribution is 2.35. The molecule has 0 spiro atoms. The second kappa shape index (κ2) is 26.2. The monoisotopic (exact) mass is 970 g/mol. The molecule has 6 amide bonds. The third kappa shape index (κ3) is 17.9. The molecule has 3 aliphatic heterocycles. The number of aliphatic imine (C=N–C) groups is 1. The van der Waals surface area contributed by atoms with Crippen molar-refractivity contribution in [3.8, 4) is 0 Å². The summed E-state index contributed by atoms with van der Waals surface area (Å²) in [6, 6.07) is -8.23. The van der Waals surface area contributed by atoms with Crippen LogP contribution in [0.4, 0.5) is 0 Å². The molecule has 0 unspecified atom stereocenters. The molecule has 3 saturated heterocycles. The Kier molecular flexibility index (Phi) is 21.2. The summed E-state index contributed by atoms with van der Waals surface area (Å²) >= 11 is 0. The van der Waals surface area contributed by atoms with Gasteiger partial charge in [-0.2, -0.15) is 0 Å². The number of carboxylic acids is 6. The van der Waals surface area contributed by atoms with E-state index in [1.165, 1.54) is 4.90 Å². The Morgan fingerprint density at radius 1 is 0.721 bits per heavy atom. The van der Waals surface area contributed by atoms with Gasteiger partial charge in [-0.25, -0.2) is 0 Å². The maximum absolute atomic E-state index is 14.4. The quantitative estimate of drug-likeness (QED) is 0.0218. The first-order valence-corrected chi connectivity index (χ1v) is 21.3. The molecular weight excluding hydrogens is 912 g/mol. The molecular formula is C38H58N12O18. The number of fused-ring (bicyclic) bond motifs is 1. The summed E-state index contributed by atoms with van der Waals surface area (Å²) in [5, 5.41) is 69.4. The molecule has 0 saturated carbocycles. The standard InChI is InChI=1S/C38H58N12O18/c39-38(40)41-5-1-2-21-33(63)43-14-26(52)44-22(11-27(53)54)34(64)46-32-19(10-20-3-4-23(35(65)45-21)50(20)36(32)66)13-42-25(51)12-24(37(67)68)49(8-6-47(15-28(55)56)16-29(57)58)9-7-48(17-30(59)60)18-31(61)62/h19-24,32H,1-18H2,(H,42,51)(H,43,63)(H,44,52)(H,45,65)(H,46,64)(H,53,54)(H,55,56)(H,57,58)(H,59,60)(H,61,62)(H,67,68)(H4,39,40,41)/t19-,20-,21-,22-,23-,24-,32+/m0/s1. The summed E-state index contributed by atoms with van der Waals surface area (Å²) in [7, 11) is 0. The number of carbonyl (C=O) groups is 12. The van der Waals surface area contributed by atoms with E-state index in [-0.39, 0.29) is 57.7 Å². The highest BCUT2D eigenvalue weighted by atomic mass is 16.4. The van der Waals surface area contributed by atoms with Crippen LogP contribution in [0.3, 0.4) is 0 Å². The topological polar surface area (TPSA) is 464 Å². The van der Waals surface area contributed by atoms with Gasteiger partial charge in [-0.05, 0) is 32.1 Å². The van der Waals surface area contributed by atoms with Crippen LogP contribution in [0, 0.1) is 5.92 Å². The van der Waals surface area contributed by atoms with Crippen LogP contribution in [0.25, 0.3) is 0 Å². The van der Waals surface area contributed by atoms with Gasteiger partial charge in [-0.3, -0.25) is 77.2 Å². The third-order valence-electron chi connectivity index (χ3n) is 11.2. The Balaban J connectivity index is 1.93. The predicted molar refractivity (Wildman–Crippen MR) is 227 cm³/mol. The lowest BCUT2D eigenvalue weighted by molar-refractivity contribution is -0.149. The lowest BCUT2D eigenvalue weighted by Gasteiger charge is -2.42. The molecule has 3 rings (SSSR count). The zero-order valence-electron chi connectivity index (χ0n) is 36.7. The molecule has 3 aliphatic rings. The Morgan fingerprint density at radius 3 is 1.81 bits per heavy atom. The number of carbonyl (C=O) groups excluding carboxylic acids is 6. The molecule has 3 fully saturated rings. The van der Waals surface area contributed by atoms with Crippen molar-refractivity contribution in [3.63, 3.8) is 0 Å². The number of hydrogen-bond donors (Lipinski definition) is 13. The summed E-state index contributed by atoms with van der Waals surface area (Å²) in [5.41, 5.74) is 10.8. The molecule has 15 N–H and O–H groups in total. The number of hydrogen-bond acceptors (Lipinski definition) is 16. The lowest BCUT2D eigenvalue weighted by atomic mass is 9.85. The SMILES string of the molecule is NC(N)=NCCC[C@@H]1NC(=O)[C@@H]2CC[C@H]3C[C@@H](CNC(=O)C[C@@H](C(=O)O)N(CCN(CC(=O)O)CC(=O)O)CCN(CC(=O)O)CC(=O)O)[C@@H](NC(=O)[C@H](CC(=O)O)NC(=O)CNC1=O)C(=O)N32. The average molecular weight is 971 g/mol. The normalized spacial score (nSPS) is 22.5. The second-order valence-corrected chi connectivity index (χ2v) is 16.3. The summed E-state index contributed by atoms with van der Waals surface area (Å²) in [6.45, 7) is -5.84. The van der Waals surface area contributed by atoms with Crippen LogP contribution in [0.5, 0.6) is 0 Å². The fraction of sp³-hybridized carbons (Fsp3) is 0.658. The van der Waals surface area contributed by atoms with E-state index in [1.54, 1.807) is 0 Å². The summed E-state index contributed by atoms with van der Waals surface area (Å²) in [4.78, 5) is 160. The van der Waals surface area contributed by atoms with Crippen LogP contribution < -0.4 is 38.1 Å². The molecule has 68 heavy (non-hydrogen) atoms. The minimum atomic E-state index is -1.79. The number of guanidine groups is 1. The van der Waals surface area contributed by atoms with Gasteiger partial charge in [0.25, 0.3) is 0 Å². The van der Waals surface area contributed by atoms with Crippen molar-refractivity contribution in [1.82, 2.24) is 46.2 Å². The Morgan fingerprint density at radius 2 is 1.29 bits per heavy atom. The number of nitrogens with two attached hydrogens (primary N) is 2. The van der Waals surface area contributed by atoms with Crippen LogP contribution in [0.2, 0.25) is 0 Å². The van der Waals surface area contributed by atoms with Crippen molar-refractivity contribution in [3.05, 3.63) is 0 Å². The van der Waals surface area contributed by atoms with E-state index in [9.17, 15) is 88.2 Å². The molecule has 30 heteroatoms. The van der Waals surface area contributed by atoms with Crippen LogP contribution in [-0.2, 0) is 57.5 Å². The van der Waals surface area contributed by atoms with E-state index >= 15 is 0 Å². The number of carboxylic acid groups (broad SMARTS) is 6. The van der Waals surface area contributed by atoms with E-state index < -0.39 is 179 Å². The highest BCUT2D eigenvalue weighted by molar-refractivity contribution is 5.99. The minimum absolute atomic E-state index is 0.0135. The fourth-order valence-corrected chi connectivity index (χ4v) is 8.17. The maximum Gasteiger partial charge on any atom is 0.321 e. The zero-order valence-corrected chi connectivity index (χ0v) is 36.7. The van der Waals surface area contributed by atoms with Crippen molar-refractivity contribution >= 4 is 77.2 Å². The second-order valence-electron chi connectivity index (χ2n) is 16.3. The highest BCUT2D eigenvalue weighted by Gasteiger charge is 2.51. The van der Waals surface area contributed by atoms with E-state index in [0.29, 0.717) is 0 Å². The molecule has 2 bridgehead atoms. The molecule has 0 aliphatic carbocycles. The van der Waals surface area contributed by atoms with Crippen LogP contribution in [0.15, 0.2) is 4.99 Å². The summed E-state index contributed by atoms with van der Waals surface area (Å²) < 4.78 is 0. The molecule has 7 atom stereocenters. The van der Waals surface area contributed by atoms with Gasteiger partial charge in [0, 0.05) is 51.2 Å². The summed E-state index contributed by atoms with van der Waals surface area (Å²) in [6.07, 6.45) is -1.31. The number of rotatable bonds is 26. The van der Waals surface area contributed by atoms with E-state index in [1.807, 2.05) is 0 Å². The Bertz CT molecular complexity index is 1890. The largest absolute Gasteiger partial charge is 0.481 e. The van der Waals surface area contributed by atoms with Gasteiger partial charge >= 0.3 is 35.8 Å². The van der Waals surface area contributed by atoms with E-state index in [4.69, 9.17) is 11.5 Å². The van der Waals surface area contributed by atoms with Crippen LogP contribution >= 0.6 is 0 Å². The van der Waals surface area contributed by atoms with Gasteiger partial charge in [0.2, 0.25) is 35.4 Å². The van der Waals surface area contributed by atoms with Crippen molar-refractivity contribution in [2.24, 2.45) is 22.4 Å². The van der Waals surface area contributed by atoms with Crippen LogP contribution in [0.1, 0.15) is 44.9 Å². The van der Waals surface area contributed by atoms with Gasteiger partial charge in [0.05, 0.1) is 45.6 Å². The number of amides is 6. The Labute approximate surface area is 386 Å². The summed E-state index contributed by atoms with van der Waals surface area (Å²) in [5.74, 6) is -15.5. The smallest absolute Gasteiger partial charge is 0.321 e. The number of nitrogens with one attached hydrogen (secondary N) is 5. The van der Waals surface area contributed by atoms with E-state index in [0.717, 1.165) is 14.7 Å². The van der Waals surface area contributed by atoms with Crippen molar-refractivity contribution in [2.45, 2.75) is 81.2 Å². The molecule has 378 valence electrons. The van der Waals surface area contributed by atoms with Gasteiger partial charge in [-0.15, -0.1) is 0 Å². The average Bonchev–Trinajstić information content (AvgIpc) is 3.66. The number of nitrogens with zero attached hydrogens (tertiary/aromatic N) is 5. The first kappa shape index (κ1) is 55.1. The van der Waals surface area contributed by atoms with Crippen molar-refractivity contribution in [2.75, 3.05) is 72.0 Å². The van der Waals surface area contributed by atoms with Crippen molar-refractivity contribution in [1.29, 1.82) is 0 Å². The third-order valence-corrected chi connectivity index (χ3v) is 11.2. The van der Waals surface area contributed by atoms with Gasteiger partial charge in [0.15, 0.2) is 5.96 Å². The number of aliphatic carboxylic acids is 6. The van der Waals surface area contributed by atoms with Gasteiger partial charge in [-0.1, -0.05) is 0 Å². The fourth-order valence-electron chi connectivity index (χ4n) is 8.17. The van der Waals surface area contributed by atoms with Crippen molar-refractivity contribution < 1.29 is 88.2 Å². The van der Waals surface area contributed by atoms with Gasteiger partial charge < -0.3 is 73.6 Å². The zero-order chi connectivity index (χ0) is 50.8. The predicted octanol–water partition coefficient (Wildman–Crippen LogP) is -7.32. The van der Waals surface area contributed by atoms with Gasteiger partial charge in [0.1, 0.15) is 30.2 Å². The van der Waals surface area contributed by atoms with Crippen LogP contribution in [-0.4, -0.2) is 236 Å². The number of piperidine rings is 1. The molecule has 3 heterocycles. The first-order chi connectivity index (χ1) is 31.9. The lowest BCUT2D eigenvalue weighted by Crippen LogP contribution is -2.65. The molecule has 30 nitrogen and oxygen atoms in total. The molecule has 0 radical (unpaired) electrons. The Hall–Kier alpha value is -7.21. The molecule has 0 aromatic carbocycles. The molecule has 0 aromatic heterocycles. The molecule has 0 aromatic rings. The van der Waals surface area contributed by atoms with E-state index in [2.05, 4.69) is 31.6 Å². The minimum Gasteiger partial charge on any atom is -0.481 e. The first-order valence-electron chi connectivity index (χ1n) is 21.3.